The van der Waals surface area contributed by atoms with Gasteiger partial charge in [-0.15, -0.1) is 0 Å². The zero-order chi connectivity index (χ0) is 16.9. The van der Waals surface area contributed by atoms with Gasteiger partial charge in [0.15, 0.2) is 0 Å². The first-order valence-electron chi connectivity index (χ1n) is 7.41. The molecule has 5 heteroatoms. The summed E-state index contributed by atoms with van der Waals surface area (Å²) >= 11 is 3.35. The normalized spacial score (nSPS) is 10.5. The Kier molecular flexibility index (Phi) is 5.33. The van der Waals surface area contributed by atoms with Crippen LogP contribution in [0.25, 0.3) is 21.7 Å². The lowest BCUT2D eigenvalue weighted by Gasteiger charge is -2.03. The quantitative estimate of drug-likeness (QED) is 0.446. The van der Waals surface area contributed by atoms with Crippen molar-refractivity contribution in [3.8, 4) is 33.2 Å². The fourth-order valence-corrected chi connectivity index (χ4v) is 3.84. The molecule has 0 bridgehead atoms. The van der Waals surface area contributed by atoms with Gasteiger partial charge in [0.1, 0.15) is 11.5 Å². The lowest BCUT2D eigenvalue weighted by atomic mass is 10.1. The van der Waals surface area contributed by atoms with Crippen LogP contribution in [0.15, 0.2) is 58.9 Å². The van der Waals surface area contributed by atoms with Crippen LogP contribution in [0.2, 0.25) is 0 Å². The number of rotatable bonds is 5. The third-order valence-electron chi connectivity index (χ3n) is 3.61. The predicted octanol–water partition coefficient (Wildman–Crippen LogP) is 5.50. The predicted molar refractivity (Wildman–Crippen MR) is 102 cm³/mol. The van der Waals surface area contributed by atoms with Crippen molar-refractivity contribution in [3.05, 3.63) is 54.6 Å². The van der Waals surface area contributed by atoms with E-state index in [-0.39, 0.29) is 0 Å². The highest BCUT2D eigenvalue weighted by atomic mass is 32.2. The second-order valence-corrected chi connectivity index (χ2v) is 7.12. The minimum Gasteiger partial charge on any atom is -0.497 e. The van der Waals surface area contributed by atoms with Crippen LogP contribution in [-0.2, 0) is 0 Å². The molecule has 0 aliphatic heterocycles. The van der Waals surface area contributed by atoms with E-state index in [0.717, 1.165) is 32.7 Å². The minimum absolute atomic E-state index is 0.845. The van der Waals surface area contributed by atoms with E-state index in [4.69, 9.17) is 14.5 Å². The molecule has 24 heavy (non-hydrogen) atoms. The molecule has 0 radical (unpaired) electrons. The number of hydrogen-bond donors (Lipinski definition) is 0. The zero-order valence-corrected chi connectivity index (χ0v) is 15.4. The van der Waals surface area contributed by atoms with Gasteiger partial charge >= 0.3 is 4.34 Å². The fraction of sp³-hybridized carbons (Fsp3) is 0.158. The average molecular weight is 356 g/mol. The first-order chi connectivity index (χ1) is 11.7. The van der Waals surface area contributed by atoms with Crippen molar-refractivity contribution in [2.75, 3.05) is 20.5 Å². The lowest BCUT2D eigenvalue weighted by molar-refractivity contribution is 0.415. The van der Waals surface area contributed by atoms with Gasteiger partial charge < -0.3 is 9.47 Å². The van der Waals surface area contributed by atoms with Crippen molar-refractivity contribution < 1.29 is 9.47 Å². The Balaban J connectivity index is 2.03. The minimum atomic E-state index is 0.845. The van der Waals surface area contributed by atoms with E-state index in [2.05, 4.69) is 24.5 Å². The highest BCUT2D eigenvalue weighted by molar-refractivity contribution is 8.00. The molecule has 0 fully saturated rings. The van der Waals surface area contributed by atoms with Crippen LogP contribution in [0, 0.1) is 0 Å². The third kappa shape index (κ3) is 3.68. The number of hydrogen-bond acceptors (Lipinski definition) is 4. The summed E-state index contributed by atoms with van der Waals surface area (Å²) in [5.41, 5.74) is 3.20. The van der Waals surface area contributed by atoms with E-state index in [9.17, 15) is 0 Å². The van der Waals surface area contributed by atoms with Crippen molar-refractivity contribution >= 4 is 23.1 Å². The molecule has 0 atom stereocenters. The number of methoxy groups -OCH3 is 2. The maximum Gasteiger partial charge on any atom is 0.359 e. The second-order valence-electron chi connectivity index (χ2n) is 5.03. The Morgan fingerprint density at radius 1 is 0.833 bits per heavy atom. The van der Waals surface area contributed by atoms with Crippen molar-refractivity contribution in [1.29, 1.82) is 0 Å². The fourth-order valence-electron chi connectivity index (χ4n) is 2.30. The van der Waals surface area contributed by atoms with Crippen LogP contribution in [0.1, 0.15) is 0 Å². The van der Waals surface area contributed by atoms with E-state index < -0.39 is 0 Å². The molecule has 1 aromatic heterocycles. The summed E-state index contributed by atoms with van der Waals surface area (Å²) in [4.78, 5) is 5.94. The molecule has 0 unspecified atom stereocenters. The van der Waals surface area contributed by atoms with E-state index in [1.54, 1.807) is 37.3 Å². The zero-order valence-electron chi connectivity index (χ0n) is 13.8. The molecule has 0 N–H and O–H groups in total. The van der Waals surface area contributed by atoms with Crippen molar-refractivity contribution in [3.63, 3.8) is 0 Å². The lowest BCUT2D eigenvalue weighted by Crippen LogP contribution is -1.88. The van der Waals surface area contributed by atoms with E-state index in [0.29, 0.717) is 0 Å². The van der Waals surface area contributed by atoms with E-state index in [1.807, 2.05) is 36.4 Å². The van der Waals surface area contributed by atoms with Gasteiger partial charge in [0.25, 0.3) is 11.3 Å². The molecule has 122 valence electrons. The molecule has 0 saturated carbocycles. The maximum absolute atomic E-state index is 5.24. The van der Waals surface area contributed by atoms with Gasteiger partial charge in [-0.3, -0.25) is 0 Å². The van der Waals surface area contributed by atoms with E-state index >= 15 is 0 Å². The molecule has 0 spiro atoms. The van der Waals surface area contributed by atoms with Crippen LogP contribution < -0.4 is 9.47 Å². The first kappa shape index (κ1) is 16.7. The Labute approximate surface area is 150 Å². The Morgan fingerprint density at radius 3 is 1.88 bits per heavy atom. The van der Waals surface area contributed by atoms with Gasteiger partial charge in [-0.05, 0) is 66.5 Å². The highest BCUT2D eigenvalue weighted by Gasteiger charge is 2.19. The largest absolute Gasteiger partial charge is 0.497 e. The van der Waals surface area contributed by atoms with Gasteiger partial charge in [-0.1, -0.05) is 0 Å². The smallest absolute Gasteiger partial charge is 0.359 e. The Morgan fingerprint density at radius 2 is 1.38 bits per heavy atom. The molecule has 2 aromatic carbocycles. The van der Waals surface area contributed by atoms with Gasteiger partial charge in [0.2, 0.25) is 4.88 Å². The van der Waals surface area contributed by atoms with Crippen molar-refractivity contribution in [2.24, 2.45) is 0 Å². The highest BCUT2D eigenvalue weighted by Crippen LogP contribution is 2.34. The molecule has 3 nitrogen and oxygen atoms in total. The topological polar surface area (TPSA) is 31.4 Å². The van der Waals surface area contributed by atoms with Crippen LogP contribution >= 0.6 is 23.1 Å². The summed E-state index contributed by atoms with van der Waals surface area (Å²) in [7, 11) is 3.35. The summed E-state index contributed by atoms with van der Waals surface area (Å²) in [6.07, 6.45) is 2.05. The SMILES string of the molecule is COc1ccc(-c2cc(-c3ccc(OC)cc3)[s+]c(SC)n2)cc1. The summed E-state index contributed by atoms with van der Waals surface area (Å²) < 4.78 is 11.5. The van der Waals surface area contributed by atoms with Gasteiger partial charge in [-0.2, -0.15) is 4.98 Å². The molecule has 3 rings (SSSR count). The van der Waals surface area contributed by atoms with Crippen LogP contribution in [0.3, 0.4) is 0 Å². The average Bonchev–Trinajstić information content (AvgIpc) is 2.67. The molecule has 0 saturated heterocycles. The molecular formula is C19H18NO2S2+. The van der Waals surface area contributed by atoms with Crippen LogP contribution in [0.4, 0.5) is 0 Å². The summed E-state index contributed by atoms with van der Waals surface area (Å²) in [5, 5.41) is 0. The number of thioether (sulfide) groups is 1. The standard InChI is InChI=1S/C19H18NO2S2/c1-21-15-8-4-13(5-9-15)17-12-18(24-19(20-17)23-3)14-6-10-16(22-2)11-7-14/h4-12H,1-3H3/q+1. The number of benzene rings is 2. The monoisotopic (exact) mass is 356 g/mol. The first-order valence-corrected chi connectivity index (χ1v) is 9.45. The van der Waals surface area contributed by atoms with Crippen molar-refractivity contribution in [1.82, 2.24) is 4.98 Å². The summed E-state index contributed by atoms with van der Waals surface area (Å²) in [6.45, 7) is 0. The Hall–Kier alpha value is -2.11. The molecular weight excluding hydrogens is 338 g/mol. The third-order valence-corrected chi connectivity index (χ3v) is 5.64. The number of aromatic nitrogens is 1. The Bertz CT molecular complexity index is 752. The van der Waals surface area contributed by atoms with Gasteiger partial charge in [0.05, 0.1) is 19.9 Å². The van der Waals surface area contributed by atoms with E-state index in [1.165, 1.54) is 4.88 Å². The molecule has 0 aliphatic carbocycles. The van der Waals surface area contributed by atoms with Gasteiger partial charge in [-0.25, -0.2) is 0 Å². The van der Waals surface area contributed by atoms with Crippen LogP contribution in [0.5, 0.6) is 11.5 Å². The van der Waals surface area contributed by atoms with Crippen molar-refractivity contribution in [2.45, 2.75) is 4.34 Å². The maximum atomic E-state index is 5.24. The number of ether oxygens (including phenoxy) is 2. The van der Waals surface area contributed by atoms with Crippen LogP contribution in [-0.4, -0.2) is 25.5 Å². The summed E-state index contributed by atoms with van der Waals surface area (Å²) in [5.74, 6) is 1.70. The molecule has 3 aromatic rings. The summed E-state index contributed by atoms with van der Waals surface area (Å²) in [6, 6.07) is 18.2. The second kappa shape index (κ2) is 7.64. The molecule has 0 amide bonds. The molecule has 0 aliphatic rings. The van der Waals surface area contributed by atoms with Gasteiger partial charge in [0, 0.05) is 17.2 Å². The number of nitrogens with zero attached hydrogens (tertiary/aromatic N) is 1. The molecule has 1 heterocycles.